The minimum absolute atomic E-state index is 0.0524. The lowest BCUT2D eigenvalue weighted by molar-refractivity contribution is -0.136. The molecule has 3 aliphatic rings. The van der Waals surface area contributed by atoms with Crippen molar-refractivity contribution in [2.45, 2.75) is 63.3 Å². The van der Waals surface area contributed by atoms with Gasteiger partial charge in [-0.25, -0.2) is 9.97 Å². The SMILES string of the molecule is Cn1c2ccncc2c2ccc(-c3ccc(OC4CC(Oc5ccc(C#CCNCCCc6ccc7c(c6)CN(C6CCC(=O)NC6=O)C7=O)nc5)C4)nc3)cc21. The fourth-order valence-electron chi connectivity index (χ4n) is 7.94. The number of nitrogens with one attached hydrogen (secondary N) is 2. The van der Waals surface area contributed by atoms with Gasteiger partial charge in [0.05, 0.1) is 18.3 Å². The van der Waals surface area contributed by atoms with E-state index in [4.69, 9.17) is 9.47 Å². The largest absolute Gasteiger partial charge is 0.489 e. The van der Waals surface area contributed by atoms with Crippen LogP contribution >= 0.6 is 0 Å². The van der Waals surface area contributed by atoms with Crippen LogP contribution in [0.5, 0.6) is 11.6 Å². The van der Waals surface area contributed by atoms with Crippen LogP contribution in [0.25, 0.3) is 32.9 Å². The maximum Gasteiger partial charge on any atom is 0.255 e. The first-order chi connectivity index (χ1) is 27.9. The lowest BCUT2D eigenvalue weighted by Gasteiger charge is -2.34. The molecule has 1 saturated heterocycles. The molecule has 1 saturated carbocycles. The lowest BCUT2D eigenvalue weighted by Crippen LogP contribution is -2.52. The number of aromatic nitrogens is 4. The van der Waals surface area contributed by atoms with Gasteiger partial charge in [-0.2, -0.15) is 0 Å². The highest BCUT2D eigenvalue weighted by Gasteiger charge is 2.39. The molecule has 9 rings (SSSR count). The molecule has 4 aromatic heterocycles. The van der Waals surface area contributed by atoms with Crippen molar-refractivity contribution in [2.24, 2.45) is 7.05 Å². The van der Waals surface area contributed by atoms with Crippen molar-refractivity contribution in [3.05, 3.63) is 114 Å². The predicted octanol–water partition coefficient (Wildman–Crippen LogP) is 5.51. The quantitative estimate of drug-likeness (QED) is 0.0995. The predicted molar refractivity (Wildman–Crippen MR) is 214 cm³/mol. The number of rotatable bonds is 11. The summed E-state index contributed by atoms with van der Waals surface area (Å²) in [5, 5.41) is 8.05. The molecule has 6 aromatic rings. The third kappa shape index (κ3) is 7.54. The summed E-state index contributed by atoms with van der Waals surface area (Å²) in [6, 6.07) is 21.6. The van der Waals surface area contributed by atoms with Crippen molar-refractivity contribution in [3.8, 4) is 34.6 Å². The highest BCUT2D eigenvalue weighted by atomic mass is 16.5. The molecular weight excluding hydrogens is 719 g/mol. The summed E-state index contributed by atoms with van der Waals surface area (Å²) in [5.41, 5.74) is 7.84. The third-order valence-electron chi connectivity index (χ3n) is 11.1. The van der Waals surface area contributed by atoms with E-state index in [2.05, 4.69) is 79.4 Å². The second-order valence-corrected chi connectivity index (χ2v) is 14.9. The number of benzene rings is 2. The number of pyridine rings is 3. The van der Waals surface area contributed by atoms with Crippen LogP contribution in [0.1, 0.15) is 59.3 Å². The Bertz CT molecular complexity index is 2570. The molecule has 2 N–H and O–H groups in total. The molecule has 2 aliphatic heterocycles. The van der Waals surface area contributed by atoms with Crippen molar-refractivity contribution in [2.75, 3.05) is 13.1 Å². The molecule has 2 aromatic carbocycles. The number of nitrogens with zero attached hydrogens (tertiary/aromatic N) is 5. The summed E-state index contributed by atoms with van der Waals surface area (Å²) in [6.07, 6.45) is 11.4. The molecule has 2 fully saturated rings. The number of carbonyl (C=O) groups excluding carboxylic acids is 3. The van der Waals surface area contributed by atoms with Gasteiger partial charge < -0.3 is 24.3 Å². The molecule has 286 valence electrons. The zero-order valence-corrected chi connectivity index (χ0v) is 31.5. The molecule has 0 spiro atoms. The van der Waals surface area contributed by atoms with E-state index in [0.29, 0.717) is 42.4 Å². The Hall–Kier alpha value is -6.58. The Labute approximate surface area is 329 Å². The number of aryl methyl sites for hydroxylation is 2. The first-order valence-corrected chi connectivity index (χ1v) is 19.4. The summed E-state index contributed by atoms with van der Waals surface area (Å²) in [7, 11) is 2.08. The number of ether oxygens (including phenoxy) is 2. The van der Waals surface area contributed by atoms with Crippen molar-refractivity contribution < 1.29 is 23.9 Å². The average molecular weight is 760 g/mol. The standard InChI is InChI=1S/C45H41N7O5/c1-51-39-16-19-47-26-38(39)37-12-7-29(21-41(37)51)30-8-15-43(49-24-30)57-35-22-34(23-35)56-33-10-9-32(48-25-33)5-3-18-46-17-2-4-28-6-11-36-31(20-28)27-52(45(36)55)40-13-14-42(53)50-44(40)54/h6-12,15-16,19-21,24-26,34-35,40,46H,2,4,13-14,17-18,22-23,27H2,1H3,(H,50,53,54). The van der Waals surface area contributed by atoms with E-state index in [0.717, 1.165) is 70.9 Å². The van der Waals surface area contributed by atoms with E-state index < -0.39 is 11.9 Å². The maximum absolute atomic E-state index is 12.9. The highest BCUT2D eigenvalue weighted by molar-refractivity contribution is 6.08. The molecule has 57 heavy (non-hydrogen) atoms. The van der Waals surface area contributed by atoms with Gasteiger partial charge in [-0.05, 0) is 84.8 Å². The van der Waals surface area contributed by atoms with Crippen molar-refractivity contribution in [1.82, 2.24) is 35.1 Å². The molecule has 1 unspecified atom stereocenters. The molecule has 1 atom stereocenters. The van der Waals surface area contributed by atoms with Crippen LogP contribution in [0.2, 0.25) is 0 Å². The molecule has 1 aliphatic carbocycles. The van der Waals surface area contributed by atoms with Crippen LogP contribution in [0, 0.1) is 11.8 Å². The zero-order chi connectivity index (χ0) is 38.9. The van der Waals surface area contributed by atoms with E-state index in [1.165, 1.54) is 5.39 Å². The number of hydrogen-bond donors (Lipinski definition) is 2. The second-order valence-electron chi connectivity index (χ2n) is 14.9. The van der Waals surface area contributed by atoms with Gasteiger partial charge in [-0.3, -0.25) is 24.7 Å². The molecular formula is C45H41N7O5. The summed E-state index contributed by atoms with van der Waals surface area (Å²) < 4.78 is 14.5. The van der Waals surface area contributed by atoms with Crippen molar-refractivity contribution >= 4 is 39.5 Å². The number of imide groups is 1. The van der Waals surface area contributed by atoms with Crippen LogP contribution in [-0.2, 0) is 29.6 Å². The first kappa shape index (κ1) is 36.1. The average Bonchev–Trinajstić information content (AvgIpc) is 3.69. The summed E-state index contributed by atoms with van der Waals surface area (Å²) in [6.45, 7) is 1.72. The normalized spacial score (nSPS) is 18.9. The molecule has 12 nitrogen and oxygen atoms in total. The summed E-state index contributed by atoms with van der Waals surface area (Å²) in [4.78, 5) is 51.7. The highest BCUT2D eigenvalue weighted by Crippen LogP contribution is 2.33. The number of amides is 3. The molecule has 12 heteroatoms. The van der Waals surface area contributed by atoms with Gasteiger partial charge in [0, 0.05) is 84.9 Å². The Morgan fingerprint density at radius 1 is 0.877 bits per heavy atom. The minimum Gasteiger partial charge on any atom is -0.489 e. The number of fused-ring (bicyclic) bond motifs is 4. The van der Waals surface area contributed by atoms with E-state index in [9.17, 15) is 14.4 Å². The zero-order valence-electron chi connectivity index (χ0n) is 31.5. The number of piperidine rings is 1. The van der Waals surface area contributed by atoms with Crippen molar-refractivity contribution in [1.29, 1.82) is 0 Å². The fourth-order valence-corrected chi connectivity index (χ4v) is 7.94. The van der Waals surface area contributed by atoms with Gasteiger partial charge in [0.15, 0.2) is 0 Å². The lowest BCUT2D eigenvalue weighted by atomic mass is 9.92. The van der Waals surface area contributed by atoms with E-state index in [1.807, 2.05) is 55.0 Å². The van der Waals surface area contributed by atoms with Gasteiger partial charge in [-0.15, -0.1) is 0 Å². The van der Waals surface area contributed by atoms with E-state index >= 15 is 0 Å². The first-order valence-electron chi connectivity index (χ1n) is 19.4. The maximum atomic E-state index is 12.9. The summed E-state index contributed by atoms with van der Waals surface area (Å²) >= 11 is 0. The van der Waals surface area contributed by atoms with Crippen molar-refractivity contribution in [3.63, 3.8) is 0 Å². The molecule has 0 radical (unpaired) electrons. The van der Waals surface area contributed by atoms with Crippen LogP contribution in [-0.4, -0.2) is 73.5 Å². The van der Waals surface area contributed by atoms with Crippen LogP contribution < -0.4 is 20.1 Å². The van der Waals surface area contributed by atoms with Crippen LogP contribution in [0.3, 0.4) is 0 Å². The molecule has 6 heterocycles. The second kappa shape index (κ2) is 15.5. The van der Waals surface area contributed by atoms with E-state index in [-0.39, 0.29) is 30.4 Å². The topological polar surface area (TPSA) is 141 Å². The third-order valence-corrected chi connectivity index (χ3v) is 11.1. The smallest absolute Gasteiger partial charge is 0.255 e. The van der Waals surface area contributed by atoms with E-state index in [1.54, 1.807) is 11.1 Å². The number of carbonyl (C=O) groups is 3. The Morgan fingerprint density at radius 3 is 2.58 bits per heavy atom. The van der Waals surface area contributed by atoms with Crippen LogP contribution in [0.15, 0.2) is 91.5 Å². The van der Waals surface area contributed by atoms with Gasteiger partial charge in [0.2, 0.25) is 17.7 Å². The summed E-state index contributed by atoms with van der Waals surface area (Å²) in [5.74, 6) is 6.73. The van der Waals surface area contributed by atoms with Gasteiger partial charge >= 0.3 is 0 Å². The Balaban J connectivity index is 0.677. The fraction of sp³-hybridized carbons (Fsp3) is 0.289. The molecule has 3 amide bonds. The number of hydrogen-bond acceptors (Lipinski definition) is 9. The Kier molecular flexibility index (Phi) is 9.82. The van der Waals surface area contributed by atoms with Gasteiger partial charge in [0.25, 0.3) is 5.91 Å². The minimum atomic E-state index is -0.599. The van der Waals surface area contributed by atoms with Crippen LogP contribution in [0.4, 0.5) is 0 Å². The Morgan fingerprint density at radius 2 is 1.75 bits per heavy atom. The monoisotopic (exact) mass is 759 g/mol. The van der Waals surface area contributed by atoms with Gasteiger partial charge in [-0.1, -0.05) is 30.2 Å². The molecule has 0 bridgehead atoms. The van der Waals surface area contributed by atoms with Gasteiger partial charge in [0.1, 0.15) is 29.7 Å².